The van der Waals surface area contributed by atoms with Crippen LogP contribution in [0.25, 0.3) is 22.4 Å². The molecule has 4 aromatic rings. The number of rotatable bonds is 6. The van der Waals surface area contributed by atoms with Gasteiger partial charge in [0.1, 0.15) is 0 Å². The van der Waals surface area contributed by atoms with Gasteiger partial charge in [0.25, 0.3) is 5.56 Å². The monoisotopic (exact) mass is 449 g/mol. The van der Waals surface area contributed by atoms with E-state index < -0.39 is 0 Å². The lowest BCUT2D eigenvalue weighted by molar-refractivity contribution is 0.287. The Balaban J connectivity index is 1.68. The maximum absolute atomic E-state index is 12.9. The zero-order valence-corrected chi connectivity index (χ0v) is 19.8. The molecule has 0 spiro atoms. The first kappa shape index (κ1) is 22.0. The van der Waals surface area contributed by atoms with E-state index >= 15 is 0 Å². The summed E-state index contributed by atoms with van der Waals surface area (Å²) in [5.74, 6) is 1.91. The van der Waals surface area contributed by atoms with Gasteiger partial charge in [0.15, 0.2) is 17.3 Å². The van der Waals surface area contributed by atoms with Gasteiger partial charge in [-0.05, 0) is 48.6 Å². The van der Waals surface area contributed by atoms with Crippen molar-refractivity contribution in [3.63, 3.8) is 0 Å². The lowest BCUT2D eigenvalue weighted by atomic mass is 9.87. The number of benzene rings is 2. The molecule has 7 heteroatoms. The third-order valence-electron chi connectivity index (χ3n) is 5.06. The molecule has 0 bridgehead atoms. The van der Waals surface area contributed by atoms with Crippen LogP contribution >= 0.6 is 11.3 Å². The van der Waals surface area contributed by atoms with E-state index in [1.165, 1.54) is 21.4 Å². The topological polar surface area (TPSA) is 65.7 Å². The standard InChI is InChI=1S/C25H27N3O3S/c1-6-30-19-13-8-16(14-20(19)31-7-2)15-21-23(29)28-24(32-21)26-22(27-28)17-9-11-18(12-10-17)25(3,4)5/h8-15H,6-7H2,1-5H3/b21-15+. The summed E-state index contributed by atoms with van der Waals surface area (Å²) < 4.78 is 13.2. The van der Waals surface area contributed by atoms with Gasteiger partial charge in [-0.2, -0.15) is 9.50 Å². The van der Waals surface area contributed by atoms with Crippen molar-refractivity contribution in [1.82, 2.24) is 14.6 Å². The van der Waals surface area contributed by atoms with Crippen LogP contribution in [0.5, 0.6) is 11.5 Å². The molecule has 0 unspecified atom stereocenters. The molecule has 0 amide bonds. The highest BCUT2D eigenvalue weighted by Crippen LogP contribution is 2.29. The van der Waals surface area contributed by atoms with Crippen molar-refractivity contribution < 1.29 is 9.47 Å². The van der Waals surface area contributed by atoms with Crippen molar-refractivity contribution in [3.05, 3.63) is 68.5 Å². The number of hydrogen-bond donors (Lipinski definition) is 0. The Morgan fingerprint density at radius 2 is 1.69 bits per heavy atom. The molecule has 166 valence electrons. The summed E-state index contributed by atoms with van der Waals surface area (Å²) in [5.41, 5.74) is 2.90. The molecule has 2 aromatic heterocycles. The van der Waals surface area contributed by atoms with Gasteiger partial charge >= 0.3 is 0 Å². The maximum Gasteiger partial charge on any atom is 0.291 e. The van der Waals surface area contributed by atoms with Crippen LogP contribution < -0.4 is 19.6 Å². The largest absolute Gasteiger partial charge is 0.490 e. The SMILES string of the molecule is CCOc1ccc(/C=c2/sc3nc(-c4ccc(C(C)(C)C)cc4)nn3c2=O)cc1OCC. The maximum atomic E-state index is 12.9. The highest BCUT2D eigenvalue weighted by molar-refractivity contribution is 7.15. The third kappa shape index (κ3) is 4.39. The van der Waals surface area contributed by atoms with Gasteiger partial charge in [0.05, 0.1) is 17.7 Å². The molecular formula is C25H27N3O3S. The number of thiazole rings is 1. The summed E-state index contributed by atoms with van der Waals surface area (Å²) in [6.45, 7) is 11.5. The first-order valence-corrected chi connectivity index (χ1v) is 11.5. The van der Waals surface area contributed by atoms with Crippen LogP contribution in [-0.4, -0.2) is 27.8 Å². The average molecular weight is 450 g/mol. The molecule has 0 saturated heterocycles. The van der Waals surface area contributed by atoms with E-state index in [0.29, 0.717) is 40.0 Å². The second kappa shape index (κ2) is 8.74. The molecule has 4 rings (SSSR count). The molecule has 0 N–H and O–H groups in total. The first-order chi connectivity index (χ1) is 15.3. The van der Waals surface area contributed by atoms with Gasteiger partial charge in [-0.25, -0.2) is 0 Å². The zero-order chi connectivity index (χ0) is 22.9. The molecule has 0 atom stereocenters. The Hall–Kier alpha value is -3.19. The van der Waals surface area contributed by atoms with Gasteiger partial charge in [0, 0.05) is 5.56 Å². The van der Waals surface area contributed by atoms with Crippen molar-refractivity contribution in [2.75, 3.05) is 13.2 Å². The zero-order valence-electron chi connectivity index (χ0n) is 19.0. The molecule has 0 aliphatic carbocycles. The van der Waals surface area contributed by atoms with Crippen LogP contribution in [0.15, 0.2) is 47.3 Å². The quantitative estimate of drug-likeness (QED) is 0.435. The molecule has 0 radical (unpaired) electrons. The van der Waals surface area contributed by atoms with E-state index in [-0.39, 0.29) is 11.0 Å². The van der Waals surface area contributed by atoms with Crippen molar-refractivity contribution in [1.29, 1.82) is 0 Å². The molecule has 0 saturated carbocycles. The molecule has 0 aliphatic heterocycles. The van der Waals surface area contributed by atoms with Gasteiger partial charge in [-0.15, -0.1) is 5.10 Å². The van der Waals surface area contributed by atoms with Crippen LogP contribution in [0.4, 0.5) is 0 Å². The first-order valence-electron chi connectivity index (χ1n) is 10.7. The fourth-order valence-electron chi connectivity index (χ4n) is 3.38. The fraction of sp³-hybridized carbons (Fsp3) is 0.320. The normalized spacial score (nSPS) is 12.5. The Morgan fingerprint density at radius 1 is 1.00 bits per heavy atom. The summed E-state index contributed by atoms with van der Waals surface area (Å²) in [7, 11) is 0. The number of aromatic nitrogens is 3. The Kier molecular flexibility index (Phi) is 6.02. The summed E-state index contributed by atoms with van der Waals surface area (Å²) >= 11 is 1.32. The Bertz CT molecular complexity index is 1350. The summed E-state index contributed by atoms with van der Waals surface area (Å²) in [4.78, 5) is 18.1. The molecular weight excluding hydrogens is 422 g/mol. The van der Waals surface area contributed by atoms with Gasteiger partial charge in [0.2, 0.25) is 4.96 Å². The lowest BCUT2D eigenvalue weighted by Crippen LogP contribution is -2.23. The van der Waals surface area contributed by atoms with Crippen LogP contribution in [0.2, 0.25) is 0 Å². The third-order valence-corrected chi connectivity index (χ3v) is 6.02. The summed E-state index contributed by atoms with van der Waals surface area (Å²) in [6, 6.07) is 13.8. The highest BCUT2D eigenvalue weighted by atomic mass is 32.1. The van der Waals surface area contributed by atoms with Crippen LogP contribution in [0.3, 0.4) is 0 Å². The minimum atomic E-state index is -0.179. The lowest BCUT2D eigenvalue weighted by Gasteiger charge is -2.18. The Labute approximate surface area is 191 Å². The molecule has 0 fully saturated rings. The van der Waals surface area contributed by atoms with Gasteiger partial charge in [-0.1, -0.05) is 62.4 Å². The highest BCUT2D eigenvalue weighted by Gasteiger charge is 2.16. The number of nitrogens with zero attached hydrogens (tertiary/aromatic N) is 3. The Morgan fingerprint density at radius 3 is 2.31 bits per heavy atom. The summed E-state index contributed by atoms with van der Waals surface area (Å²) in [5, 5.41) is 4.46. The van der Waals surface area contributed by atoms with E-state index in [2.05, 4.69) is 43.0 Å². The van der Waals surface area contributed by atoms with Crippen molar-refractivity contribution >= 4 is 22.4 Å². The van der Waals surface area contributed by atoms with Crippen LogP contribution in [0.1, 0.15) is 45.7 Å². The molecule has 32 heavy (non-hydrogen) atoms. The van der Waals surface area contributed by atoms with Crippen molar-refractivity contribution in [2.45, 2.75) is 40.0 Å². The second-order valence-electron chi connectivity index (χ2n) is 8.45. The number of hydrogen-bond acceptors (Lipinski definition) is 6. The minimum absolute atomic E-state index is 0.0797. The van der Waals surface area contributed by atoms with E-state index in [4.69, 9.17) is 9.47 Å². The smallest absolute Gasteiger partial charge is 0.291 e. The second-order valence-corrected chi connectivity index (χ2v) is 9.45. The summed E-state index contributed by atoms with van der Waals surface area (Å²) in [6.07, 6.45) is 1.83. The van der Waals surface area contributed by atoms with Crippen molar-refractivity contribution in [2.24, 2.45) is 0 Å². The van der Waals surface area contributed by atoms with Gasteiger partial charge < -0.3 is 9.47 Å². The van der Waals surface area contributed by atoms with E-state index in [1.807, 2.05) is 50.3 Å². The average Bonchev–Trinajstić information content (AvgIpc) is 3.29. The molecule has 6 nitrogen and oxygen atoms in total. The van der Waals surface area contributed by atoms with E-state index in [0.717, 1.165) is 11.1 Å². The van der Waals surface area contributed by atoms with Crippen LogP contribution in [-0.2, 0) is 5.41 Å². The van der Waals surface area contributed by atoms with Crippen LogP contribution in [0, 0.1) is 0 Å². The number of fused-ring (bicyclic) bond motifs is 1. The van der Waals surface area contributed by atoms with Gasteiger partial charge in [-0.3, -0.25) is 4.79 Å². The minimum Gasteiger partial charge on any atom is -0.490 e. The van der Waals surface area contributed by atoms with E-state index in [1.54, 1.807) is 0 Å². The van der Waals surface area contributed by atoms with Crippen molar-refractivity contribution in [3.8, 4) is 22.9 Å². The number of ether oxygens (including phenoxy) is 2. The predicted octanol–water partition coefficient (Wildman–Crippen LogP) is 4.46. The molecule has 0 aliphatic rings. The molecule has 2 aromatic carbocycles. The molecule has 2 heterocycles. The predicted molar refractivity (Wildman–Crippen MR) is 129 cm³/mol. The fourth-order valence-corrected chi connectivity index (χ4v) is 4.29. The van der Waals surface area contributed by atoms with E-state index in [9.17, 15) is 4.79 Å².